The molecule has 10 heteroatoms. The van der Waals surface area contributed by atoms with Crippen molar-refractivity contribution in [2.45, 2.75) is 26.9 Å². The molecule has 0 aliphatic rings. The molecule has 0 unspecified atom stereocenters. The van der Waals surface area contributed by atoms with Gasteiger partial charge in [-0.2, -0.15) is 0 Å². The average molecular weight is 461 g/mol. The van der Waals surface area contributed by atoms with Crippen LogP contribution < -0.4 is 10.6 Å². The summed E-state index contributed by atoms with van der Waals surface area (Å²) >= 11 is 11.7. The Bertz CT molecular complexity index is 742. The highest BCUT2D eigenvalue weighted by Crippen LogP contribution is 2.27. The van der Waals surface area contributed by atoms with Crippen molar-refractivity contribution in [3.63, 3.8) is 0 Å². The van der Waals surface area contributed by atoms with Crippen LogP contribution in [0.1, 0.15) is 25.0 Å². The van der Waals surface area contributed by atoms with Gasteiger partial charge in [0.2, 0.25) is 0 Å². The molecule has 8 nitrogen and oxygen atoms in total. The summed E-state index contributed by atoms with van der Waals surface area (Å²) in [6.45, 7) is 4.67. The molecule has 0 spiro atoms. The maximum atomic E-state index is 9.78. The number of hydrogen-bond acceptors (Lipinski definition) is 6. The molecule has 0 saturated heterocycles. The van der Waals surface area contributed by atoms with Gasteiger partial charge in [0, 0.05) is 51.2 Å². The zero-order valence-electron chi connectivity index (χ0n) is 16.7. The number of halogens is 2. The highest BCUT2D eigenvalue weighted by molar-refractivity contribution is 6.32. The first kappa shape index (κ1) is 27.5. The SMILES string of the molecule is CC(=O)O.CC(=O)O.Oc1c(Cl)cccc1CNCCNCc1cccc(Cl)c1O. The molecule has 0 saturated carbocycles. The third kappa shape index (κ3) is 12.8. The van der Waals surface area contributed by atoms with Crippen molar-refractivity contribution in [2.24, 2.45) is 0 Å². The van der Waals surface area contributed by atoms with E-state index in [1.807, 2.05) is 12.1 Å². The van der Waals surface area contributed by atoms with Gasteiger partial charge in [-0.25, -0.2) is 0 Å². The fourth-order valence-corrected chi connectivity index (χ4v) is 2.42. The Balaban J connectivity index is 0.000000901. The molecular weight excluding hydrogens is 435 g/mol. The molecule has 0 amide bonds. The lowest BCUT2D eigenvalue weighted by Gasteiger charge is -2.10. The monoisotopic (exact) mass is 460 g/mol. The van der Waals surface area contributed by atoms with Crippen LogP contribution in [0.5, 0.6) is 11.5 Å². The van der Waals surface area contributed by atoms with Crippen LogP contribution in [0.15, 0.2) is 36.4 Å². The molecule has 2 aromatic carbocycles. The summed E-state index contributed by atoms with van der Waals surface area (Å²) in [4.78, 5) is 18.0. The number of carbonyl (C=O) groups is 2. The fourth-order valence-electron chi connectivity index (χ4n) is 2.03. The van der Waals surface area contributed by atoms with Crippen molar-refractivity contribution >= 4 is 35.1 Å². The lowest BCUT2D eigenvalue weighted by molar-refractivity contribution is -0.135. The summed E-state index contributed by atoms with van der Waals surface area (Å²) in [7, 11) is 0. The predicted molar refractivity (Wildman–Crippen MR) is 116 cm³/mol. The molecule has 30 heavy (non-hydrogen) atoms. The molecule has 2 aromatic rings. The second-order valence-corrected chi connectivity index (χ2v) is 6.70. The van der Waals surface area contributed by atoms with Crippen molar-refractivity contribution in [1.29, 1.82) is 0 Å². The number of hydrogen-bond donors (Lipinski definition) is 6. The lowest BCUT2D eigenvalue weighted by atomic mass is 10.2. The number of aromatic hydroxyl groups is 2. The number of phenols is 2. The molecule has 0 aliphatic heterocycles. The molecule has 0 fully saturated rings. The van der Waals surface area contributed by atoms with E-state index in [-0.39, 0.29) is 11.5 Å². The highest BCUT2D eigenvalue weighted by atomic mass is 35.5. The zero-order chi connectivity index (χ0) is 23.1. The van der Waals surface area contributed by atoms with Crippen molar-refractivity contribution in [1.82, 2.24) is 10.6 Å². The quantitative estimate of drug-likeness (QED) is 0.345. The van der Waals surface area contributed by atoms with E-state index in [2.05, 4.69) is 10.6 Å². The van der Waals surface area contributed by atoms with Crippen LogP contribution in [0.4, 0.5) is 0 Å². The molecular formula is C20H26Cl2N2O6. The van der Waals surface area contributed by atoms with E-state index in [9.17, 15) is 10.2 Å². The summed E-state index contributed by atoms with van der Waals surface area (Å²) < 4.78 is 0. The summed E-state index contributed by atoms with van der Waals surface area (Å²) in [6.07, 6.45) is 0. The van der Waals surface area contributed by atoms with Gasteiger partial charge in [-0.3, -0.25) is 9.59 Å². The Kier molecular flexibility index (Phi) is 14.0. The van der Waals surface area contributed by atoms with E-state index < -0.39 is 11.9 Å². The number of carboxylic acids is 2. The topological polar surface area (TPSA) is 139 Å². The molecule has 0 atom stereocenters. The Morgan fingerprint density at radius 2 is 1.07 bits per heavy atom. The second-order valence-electron chi connectivity index (χ2n) is 5.89. The third-order valence-electron chi connectivity index (χ3n) is 3.25. The van der Waals surface area contributed by atoms with Crippen LogP contribution >= 0.6 is 23.2 Å². The van der Waals surface area contributed by atoms with Gasteiger partial charge in [0.25, 0.3) is 11.9 Å². The van der Waals surface area contributed by atoms with Crippen LogP contribution in [0.25, 0.3) is 0 Å². The van der Waals surface area contributed by atoms with Gasteiger partial charge < -0.3 is 31.1 Å². The molecule has 0 aromatic heterocycles. The van der Waals surface area contributed by atoms with Gasteiger partial charge >= 0.3 is 0 Å². The highest BCUT2D eigenvalue weighted by Gasteiger charge is 2.05. The van der Waals surface area contributed by atoms with Crippen molar-refractivity contribution in [2.75, 3.05) is 13.1 Å². The number of benzene rings is 2. The maximum Gasteiger partial charge on any atom is 0.300 e. The minimum absolute atomic E-state index is 0.119. The van der Waals surface area contributed by atoms with Gasteiger partial charge in [0.15, 0.2) is 0 Å². The maximum absolute atomic E-state index is 9.78. The largest absolute Gasteiger partial charge is 0.506 e. The number of para-hydroxylation sites is 2. The number of aliphatic carboxylic acids is 2. The molecule has 2 rings (SSSR count). The van der Waals surface area contributed by atoms with Gasteiger partial charge in [-0.15, -0.1) is 0 Å². The molecule has 166 valence electrons. The van der Waals surface area contributed by atoms with E-state index in [0.717, 1.165) is 25.0 Å². The Hall–Kier alpha value is -2.52. The average Bonchev–Trinajstić information content (AvgIpc) is 2.64. The fraction of sp³-hybridized carbons (Fsp3) is 0.300. The third-order valence-corrected chi connectivity index (χ3v) is 3.86. The summed E-state index contributed by atoms with van der Waals surface area (Å²) in [6, 6.07) is 10.6. The first-order chi connectivity index (χ1) is 14.1. The number of nitrogens with one attached hydrogen (secondary N) is 2. The van der Waals surface area contributed by atoms with Crippen LogP contribution in [-0.4, -0.2) is 45.5 Å². The summed E-state index contributed by atoms with van der Waals surface area (Å²) in [5.74, 6) is -1.43. The minimum atomic E-state index is -0.833. The van der Waals surface area contributed by atoms with Crippen LogP contribution in [0, 0.1) is 0 Å². The Labute approximate surface area is 185 Å². The van der Waals surface area contributed by atoms with Gasteiger partial charge in [0.1, 0.15) is 11.5 Å². The van der Waals surface area contributed by atoms with E-state index in [0.29, 0.717) is 36.2 Å². The summed E-state index contributed by atoms with van der Waals surface area (Å²) in [5, 5.41) is 41.5. The van der Waals surface area contributed by atoms with Gasteiger partial charge in [0.05, 0.1) is 10.0 Å². The van der Waals surface area contributed by atoms with Crippen LogP contribution in [-0.2, 0) is 22.7 Å². The molecule has 0 radical (unpaired) electrons. The van der Waals surface area contributed by atoms with Gasteiger partial charge in [-0.05, 0) is 12.1 Å². The summed E-state index contributed by atoms with van der Waals surface area (Å²) in [5.41, 5.74) is 1.53. The minimum Gasteiger partial charge on any atom is -0.506 e. The van der Waals surface area contributed by atoms with E-state index in [1.54, 1.807) is 24.3 Å². The normalized spacial score (nSPS) is 9.60. The number of phenolic OH excluding ortho intramolecular Hbond substituents is 2. The van der Waals surface area contributed by atoms with Crippen LogP contribution in [0.2, 0.25) is 10.0 Å². The predicted octanol–water partition coefficient (Wildman–Crippen LogP) is 3.47. The van der Waals surface area contributed by atoms with Crippen LogP contribution in [0.3, 0.4) is 0 Å². The molecule has 0 aliphatic carbocycles. The van der Waals surface area contributed by atoms with Gasteiger partial charge in [-0.1, -0.05) is 47.5 Å². The lowest BCUT2D eigenvalue weighted by Crippen LogP contribution is -2.26. The second kappa shape index (κ2) is 15.3. The molecule has 0 bridgehead atoms. The Morgan fingerprint density at radius 3 is 1.37 bits per heavy atom. The zero-order valence-corrected chi connectivity index (χ0v) is 18.2. The smallest absolute Gasteiger partial charge is 0.300 e. The van der Waals surface area contributed by atoms with Crippen molar-refractivity contribution < 1.29 is 30.0 Å². The van der Waals surface area contributed by atoms with Crippen molar-refractivity contribution in [3.05, 3.63) is 57.6 Å². The van der Waals surface area contributed by atoms with E-state index in [4.69, 9.17) is 43.0 Å². The first-order valence-corrected chi connectivity index (χ1v) is 9.55. The van der Waals surface area contributed by atoms with E-state index >= 15 is 0 Å². The number of rotatable bonds is 7. The Morgan fingerprint density at radius 1 is 0.767 bits per heavy atom. The standard InChI is InChI=1S/C16H18Cl2N2O2.2C2H4O2/c17-13-5-1-3-11(15(13)21)9-19-7-8-20-10-12-4-2-6-14(18)16(12)22;2*1-2(3)4/h1-6,19-22H,7-10H2;2*1H3,(H,3,4). The van der Waals surface area contributed by atoms with E-state index in [1.165, 1.54) is 0 Å². The molecule has 0 heterocycles. The molecule has 6 N–H and O–H groups in total. The number of carboxylic acid groups (broad SMARTS) is 2. The van der Waals surface area contributed by atoms with Crippen molar-refractivity contribution in [3.8, 4) is 11.5 Å². The first-order valence-electron chi connectivity index (χ1n) is 8.79.